The highest BCUT2D eigenvalue weighted by atomic mass is 35.5. The number of rotatable bonds is 2. The van der Waals surface area contributed by atoms with Crippen molar-refractivity contribution in [3.8, 4) is 6.07 Å². The molecule has 0 radical (unpaired) electrons. The van der Waals surface area contributed by atoms with Gasteiger partial charge in [0.25, 0.3) is 5.91 Å². The Morgan fingerprint density at radius 1 is 1.29 bits per heavy atom. The summed E-state index contributed by atoms with van der Waals surface area (Å²) in [5.41, 5.74) is -0.613. The van der Waals surface area contributed by atoms with Crippen LogP contribution in [0.3, 0.4) is 0 Å². The fraction of sp³-hybridized carbons (Fsp3) is 0.357. The van der Waals surface area contributed by atoms with Gasteiger partial charge >= 0.3 is 6.09 Å². The quantitative estimate of drug-likeness (QED) is 0.875. The van der Waals surface area contributed by atoms with Crippen LogP contribution in [-0.4, -0.2) is 40.6 Å². The molecule has 0 saturated carbocycles. The second-order valence-corrected chi connectivity index (χ2v) is 5.36. The molecule has 0 unspecified atom stereocenters. The van der Waals surface area contributed by atoms with Gasteiger partial charge in [-0.05, 0) is 24.3 Å². The van der Waals surface area contributed by atoms with Crippen LogP contribution in [0.2, 0.25) is 5.02 Å². The molecule has 1 saturated heterocycles. The van der Waals surface area contributed by atoms with Gasteiger partial charge in [-0.15, -0.1) is 0 Å². The monoisotopic (exact) mass is 307 g/mol. The minimum Gasteiger partial charge on any atom is -0.465 e. The highest BCUT2D eigenvalue weighted by molar-refractivity contribution is 6.30. The molecule has 0 spiro atoms. The number of likely N-dealkylation sites (tertiary alicyclic amines) is 1. The van der Waals surface area contributed by atoms with Crippen LogP contribution < -0.4 is 5.32 Å². The first-order valence-corrected chi connectivity index (χ1v) is 6.81. The molecule has 0 aromatic heterocycles. The third-order valence-electron chi connectivity index (χ3n) is 3.56. The molecule has 1 heterocycles. The number of hydrogen-bond donors (Lipinski definition) is 2. The Morgan fingerprint density at radius 2 is 1.86 bits per heavy atom. The molecule has 2 N–H and O–H groups in total. The Balaban J connectivity index is 2.06. The number of benzene rings is 1. The Labute approximate surface area is 126 Å². The Morgan fingerprint density at radius 3 is 2.33 bits per heavy atom. The number of carboxylic acid groups (broad SMARTS) is 1. The fourth-order valence-corrected chi connectivity index (χ4v) is 2.36. The van der Waals surface area contributed by atoms with E-state index in [1.54, 1.807) is 24.3 Å². The van der Waals surface area contributed by atoms with Crippen molar-refractivity contribution < 1.29 is 14.7 Å². The van der Waals surface area contributed by atoms with E-state index >= 15 is 0 Å². The summed E-state index contributed by atoms with van der Waals surface area (Å²) in [6.45, 7) is 0.452. The van der Waals surface area contributed by atoms with Gasteiger partial charge in [-0.1, -0.05) is 11.6 Å². The summed E-state index contributed by atoms with van der Waals surface area (Å²) in [4.78, 5) is 24.3. The average molecular weight is 308 g/mol. The zero-order valence-electron chi connectivity index (χ0n) is 11.2. The van der Waals surface area contributed by atoms with Crippen LogP contribution >= 0.6 is 11.6 Å². The number of nitrogens with zero attached hydrogens (tertiary/aromatic N) is 2. The number of piperidine rings is 1. The fourth-order valence-electron chi connectivity index (χ4n) is 2.24. The molecule has 2 rings (SSSR count). The Bertz CT molecular complexity index is 586. The standard InChI is InChI=1S/C14H14ClN3O3/c15-11-3-1-10(2-4-11)12(19)17-14(9-16)5-7-18(8-6-14)13(20)21/h1-4H,5-8H2,(H,17,19)(H,20,21). The lowest BCUT2D eigenvalue weighted by molar-refractivity contribution is 0.0862. The summed E-state index contributed by atoms with van der Waals surface area (Å²) in [6.07, 6.45) is -0.463. The second kappa shape index (κ2) is 6.02. The number of nitrogens with one attached hydrogen (secondary N) is 1. The number of amides is 2. The normalized spacial score (nSPS) is 16.9. The Hall–Kier alpha value is -2.26. The van der Waals surface area contributed by atoms with Crippen molar-refractivity contribution in [1.82, 2.24) is 10.2 Å². The summed E-state index contributed by atoms with van der Waals surface area (Å²) in [6, 6.07) is 8.47. The van der Waals surface area contributed by atoms with Crippen LogP contribution in [0.15, 0.2) is 24.3 Å². The summed E-state index contributed by atoms with van der Waals surface area (Å²) in [7, 11) is 0. The van der Waals surface area contributed by atoms with Crippen molar-refractivity contribution in [2.45, 2.75) is 18.4 Å². The number of halogens is 1. The van der Waals surface area contributed by atoms with Crippen LogP contribution in [0.4, 0.5) is 4.79 Å². The van der Waals surface area contributed by atoms with E-state index < -0.39 is 11.6 Å². The number of carbonyl (C=O) groups is 2. The van der Waals surface area contributed by atoms with Gasteiger partial charge < -0.3 is 15.3 Å². The first-order valence-electron chi connectivity index (χ1n) is 6.43. The first kappa shape index (κ1) is 15.1. The van der Waals surface area contributed by atoms with Gasteiger partial charge in [0.1, 0.15) is 5.54 Å². The van der Waals surface area contributed by atoms with Gasteiger partial charge in [0.15, 0.2) is 0 Å². The highest BCUT2D eigenvalue weighted by Gasteiger charge is 2.37. The zero-order chi connectivity index (χ0) is 15.5. The first-order chi connectivity index (χ1) is 9.96. The molecule has 110 valence electrons. The summed E-state index contributed by atoms with van der Waals surface area (Å²) in [5, 5.41) is 21.5. The maximum Gasteiger partial charge on any atom is 0.407 e. The summed E-state index contributed by atoms with van der Waals surface area (Å²) >= 11 is 5.76. The maximum atomic E-state index is 12.2. The molecule has 0 atom stereocenters. The molecule has 7 heteroatoms. The lowest BCUT2D eigenvalue weighted by atomic mass is 9.88. The maximum absolute atomic E-state index is 12.2. The molecule has 0 aliphatic carbocycles. The molecule has 0 bridgehead atoms. The molecular formula is C14H14ClN3O3. The van der Waals surface area contributed by atoms with Gasteiger partial charge in [-0.25, -0.2) is 4.79 Å². The van der Waals surface area contributed by atoms with E-state index in [2.05, 4.69) is 11.4 Å². The predicted molar refractivity (Wildman–Crippen MR) is 76.1 cm³/mol. The number of hydrogen-bond acceptors (Lipinski definition) is 3. The van der Waals surface area contributed by atoms with E-state index in [1.165, 1.54) is 4.90 Å². The third kappa shape index (κ3) is 3.44. The lowest BCUT2D eigenvalue weighted by Gasteiger charge is -2.36. The number of nitriles is 1. The average Bonchev–Trinajstić information content (AvgIpc) is 2.48. The van der Waals surface area contributed by atoms with Crippen molar-refractivity contribution in [1.29, 1.82) is 5.26 Å². The third-order valence-corrected chi connectivity index (χ3v) is 3.81. The zero-order valence-corrected chi connectivity index (χ0v) is 11.9. The van der Waals surface area contributed by atoms with Crippen molar-refractivity contribution in [3.63, 3.8) is 0 Å². The molecule has 2 amide bonds. The van der Waals surface area contributed by atoms with Gasteiger partial charge in [0, 0.05) is 36.5 Å². The minimum atomic E-state index is -1.03. The molecule has 1 aromatic carbocycles. The second-order valence-electron chi connectivity index (χ2n) is 4.92. The molecule has 1 aliphatic rings. The van der Waals surface area contributed by atoms with E-state index in [0.29, 0.717) is 10.6 Å². The molecule has 6 nitrogen and oxygen atoms in total. The van der Waals surface area contributed by atoms with Crippen molar-refractivity contribution in [2.75, 3.05) is 13.1 Å². The van der Waals surface area contributed by atoms with E-state index in [1.807, 2.05) is 0 Å². The molecule has 21 heavy (non-hydrogen) atoms. The van der Waals surface area contributed by atoms with E-state index in [9.17, 15) is 14.9 Å². The van der Waals surface area contributed by atoms with Crippen molar-refractivity contribution >= 4 is 23.6 Å². The van der Waals surface area contributed by atoms with E-state index in [0.717, 1.165) is 0 Å². The Kier molecular flexibility index (Phi) is 4.34. The van der Waals surface area contributed by atoms with E-state index in [-0.39, 0.29) is 31.8 Å². The largest absolute Gasteiger partial charge is 0.465 e. The van der Waals surface area contributed by atoms with Crippen LogP contribution in [0.1, 0.15) is 23.2 Å². The molecule has 1 aromatic rings. The predicted octanol–water partition coefficient (Wildman–Crippen LogP) is 2.11. The molecule has 1 aliphatic heterocycles. The van der Waals surface area contributed by atoms with Gasteiger partial charge in [-0.2, -0.15) is 5.26 Å². The topological polar surface area (TPSA) is 93.4 Å². The van der Waals surface area contributed by atoms with Gasteiger partial charge in [0.2, 0.25) is 0 Å². The van der Waals surface area contributed by atoms with Crippen molar-refractivity contribution in [3.05, 3.63) is 34.9 Å². The minimum absolute atomic E-state index is 0.226. The summed E-state index contributed by atoms with van der Waals surface area (Å²) < 4.78 is 0. The van der Waals surface area contributed by atoms with E-state index in [4.69, 9.17) is 16.7 Å². The molecule has 1 fully saturated rings. The lowest BCUT2D eigenvalue weighted by Crippen LogP contribution is -2.55. The SMILES string of the molecule is N#CC1(NC(=O)c2ccc(Cl)cc2)CCN(C(=O)O)CC1. The smallest absolute Gasteiger partial charge is 0.407 e. The van der Waals surface area contributed by atoms with Crippen LogP contribution in [0, 0.1) is 11.3 Å². The van der Waals surface area contributed by atoms with Gasteiger partial charge in [0.05, 0.1) is 6.07 Å². The summed E-state index contributed by atoms with van der Waals surface area (Å²) in [5.74, 6) is -0.364. The highest BCUT2D eigenvalue weighted by Crippen LogP contribution is 2.22. The van der Waals surface area contributed by atoms with Crippen LogP contribution in [0.5, 0.6) is 0 Å². The van der Waals surface area contributed by atoms with Crippen molar-refractivity contribution in [2.24, 2.45) is 0 Å². The van der Waals surface area contributed by atoms with Gasteiger partial charge in [-0.3, -0.25) is 4.79 Å². The van der Waals surface area contributed by atoms with Crippen LogP contribution in [0.25, 0.3) is 0 Å². The van der Waals surface area contributed by atoms with Crippen LogP contribution in [-0.2, 0) is 0 Å². The number of carbonyl (C=O) groups excluding carboxylic acids is 1. The molecular weight excluding hydrogens is 294 g/mol.